The highest BCUT2D eigenvalue weighted by Gasteiger charge is 1.99. The Kier molecular flexibility index (Phi) is 5.72. The minimum absolute atomic E-state index is 0.274. The monoisotopic (exact) mass is 220 g/mol. The third kappa shape index (κ3) is 4.53. The Morgan fingerprint density at radius 2 is 1.75 bits per heavy atom. The molecule has 1 rings (SSSR count). The highest BCUT2D eigenvalue weighted by atomic mass is 16.5. The summed E-state index contributed by atoms with van der Waals surface area (Å²) >= 11 is 0. The van der Waals surface area contributed by atoms with Crippen LogP contribution >= 0.6 is 0 Å². The van der Waals surface area contributed by atoms with Crippen LogP contribution in [0.2, 0.25) is 0 Å². The highest BCUT2D eigenvalue weighted by Crippen LogP contribution is 2.14. The number of rotatable bonds is 7. The van der Waals surface area contributed by atoms with Crippen LogP contribution in [0.5, 0.6) is 5.75 Å². The molecule has 0 heterocycles. The Bertz CT molecular complexity index is 280. The normalized spacial score (nSPS) is 10.7. The Balaban J connectivity index is 2.18. The predicted molar refractivity (Wildman–Crippen MR) is 66.1 cm³/mol. The summed E-state index contributed by atoms with van der Waals surface area (Å²) in [5, 5.41) is 0. The van der Waals surface area contributed by atoms with Crippen molar-refractivity contribution in [1.82, 2.24) is 10.6 Å². The second kappa shape index (κ2) is 7.12. The molecule has 0 unspecified atom stereocenters. The van der Waals surface area contributed by atoms with E-state index in [0.717, 1.165) is 38.4 Å². The van der Waals surface area contributed by atoms with Crippen LogP contribution in [0.1, 0.15) is 20.3 Å². The Morgan fingerprint density at radius 3 is 2.31 bits per heavy atom. The lowest BCUT2D eigenvalue weighted by Crippen LogP contribution is -2.25. The lowest BCUT2D eigenvalue weighted by molar-refractivity contribution is 0.249. The summed E-state index contributed by atoms with van der Waals surface area (Å²) in [6.07, 6.45) is 1.03. The van der Waals surface area contributed by atoms with Gasteiger partial charge in [-0.3, -0.25) is 0 Å². The molecule has 0 atom stereocenters. The number of hydrogen-bond donors (Lipinski definition) is 0. The van der Waals surface area contributed by atoms with E-state index in [4.69, 9.17) is 10.5 Å². The fraction of sp³-hybridized carbons (Fsp3) is 0.538. The Hall–Kier alpha value is -1.22. The summed E-state index contributed by atoms with van der Waals surface area (Å²) in [5.74, 6) is 0.817. The smallest absolute Gasteiger partial charge is 0.119 e. The van der Waals surface area contributed by atoms with Crippen molar-refractivity contribution in [2.75, 3.05) is 26.2 Å². The maximum absolute atomic E-state index is 9.10. The fourth-order valence-electron chi connectivity index (χ4n) is 1.56. The second-order valence-electron chi connectivity index (χ2n) is 3.72. The second-order valence-corrected chi connectivity index (χ2v) is 3.72. The van der Waals surface area contributed by atoms with E-state index >= 15 is 0 Å². The first-order valence-corrected chi connectivity index (χ1v) is 5.90. The van der Waals surface area contributed by atoms with Gasteiger partial charge in [-0.25, -0.2) is 0 Å². The van der Waals surface area contributed by atoms with Crippen LogP contribution in [0.4, 0.5) is 5.69 Å². The third-order valence-corrected chi connectivity index (χ3v) is 2.62. The molecule has 0 bridgehead atoms. The van der Waals surface area contributed by atoms with Gasteiger partial charge in [0.15, 0.2) is 0 Å². The van der Waals surface area contributed by atoms with Crippen molar-refractivity contribution in [2.45, 2.75) is 20.3 Å². The standard InChI is InChI=1S/C13H20N2O/c1-3-15(4-2)10-5-11-16-13-8-6-12(14)7-9-13/h6-9H,3-5,10-11H2,1-2H3. The van der Waals surface area contributed by atoms with Crippen LogP contribution in [-0.4, -0.2) is 31.1 Å². The van der Waals surface area contributed by atoms with Gasteiger partial charge in [-0.2, -0.15) is 5.73 Å². The molecule has 3 nitrogen and oxygen atoms in total. The van der Waals surface area contributed by atoms with Crippen LogP contribution in [0, 0.1) is 0 Å². The minimum atomic E-state index is 0.274. The van der Waals surface area contributed by atoms with Crippen molar-refractivity contribution in [2.24, 2.45) is 0 Å². The lowest BCUT2D eigenvalue weighted by Gasteiger charge is -2.17. The molecule has 0 saturated carbocycles. The van der Waals surface area contributed by atoms with Crippen LogP contribution in [0.15, 0.2) is 24.3 Å². The zero-order valence-electron chi connectivity index (χ0n) is 10.1. The Morgan fingerprint density at radius 1 is 1.12 bits per heavy atom. The molecule has 1 aromatic carbocycles. The van der Waals surface area contributed by atoms with Gasteiger partial charge < -0.3 is 9.64 Å². The first kappa shape index (κ1) is 12.8. The van der Waals surface area contributed by atoms with Crippen LogP contribution in [0.3, 0.4) is 0 Å². The van der Waals surface area contributed by atoms with E-state index in [1.165, 1.54) is 0 Å². The first-order valence-electron chi connectivity index (χ1n) is 5.90. The number of nitrogens with zero attached hydrogens (tertiary/aromatic N) is 2. The minimum Gasteiger partial charge on any atom is -0.494 e. The van der Waals surface area contributed by atoms with Gasteiger partial charge in [-0.15, -0.1) is 0 Å². The van der Waals surface area contributed by atoms with E-state index in [1.807, 2.05) is 0 Å². The Labute approximate surface area is 98.2 Å². The van der Waals surface area contributed by atoms with E-state index in [1.54, 1.807) is 24.3 Å². The van der Waals surface area contributed by atoms with Gasteiger partial charge in [0, 0.05) is 6.54 Å². The summed E-state index contributed by atoms with van der Waals surface area (Å²) in [4.78, 5) is 2.38. The molecule has 0 aromatic heterocycles. The predicted octanol–water partition coefficient (Wildman–Crippen LogP) is 2.50. The lowest BCUT2D eigenvalue weighted by atomic mass is 10.3. The molecular weight excluding hydrogens is 200 g/mol. The van der Waals surface area contributed by atoms with Gasteiger partial charge >= 0.3 is 0 Å². The SMILES string of the molecule is CCN(CC)CCCOc1ccc([N])cc1. The van der Waals surface area contributed by atoms with Crippen molar-refractivity contribution >= 4 is 5.69 Å². The third-order valence-electron chi connectivity index (χ3n) is 2.62. The number of benzene rings is 1. The molecule has 0 spiro atoms. The fourth-order valence-corrected chi connectivity index (χ4v) is 1.56. The molecule has 3 heteroatoms. The van der Waals surface area contributed by atoms with Crippen LogP contribution in [0.25, 0.3) is 0 Å². The van der Waals surface area contributed by atoms with Crippen molar-refractivity contribution < 1.29 is 4.74 Å². The van der Waals surface area contributed by atoms with Crippen molar-refractivity contribution in [3.63, 3.8) is 0 Å². The number of ether oxygens (including phenoxy) is 1. The van der Waals surface area contributed by atoms with Gasteiger partial charge in [0.1, 0.15) is 5.75 Å². The molecule has 0 aliphatic heterocycles. The molecule has 0 N–H and O–H groups in total. The maximum atomic E-state index is 9.10. The quantitative estimate of drug-likeness (QED) is 0.662. The molecule has 0 saturated heterocycles. The highest BCUT2D eigenvalue weighted by molar-refractivity contribution is 5.38. The average Bonchev–Trinajstić information content (AvgIpc) is 2.32. The van der Waals surface area contributed by atoms with Crippen molar-refractivity contribution in [3.8, 4) is 5.75 Å². The summed E-state index contributed by atoms with van der Waals surface area (Å²) in [7, 11) is 0. The van der Waals surface area contributed by atoms with E-state index in [2.05, 4.69) is 18.7 Å². The zero-order valence-corrected chi connectivity index (χ0v) is 10.1. The number of hydrogen-bond acceptors (Lipinski definition) is 2. The van der Waals surface area contributed by atoms with E-state index in [-0.39, 0.29) is 5.69 Å². The summed E-state index contributed by atoms with van der Waals surface area (Å²) < 4.78 is 5.56. The average molecular weight is 220 g/mol. The maximum Gasteiger partial charge on any atom is 0.119 e. The van der Waals surface area contributed by atoms with Gasteiger partial charge in [0.2, 0.25) is 0 Å². The summed E-state index contributed by atoms with van der Waals surface area (Å²) in [6, 6.07) is 6.85. The topological polar surface area (TPSA) is 34.8 Å². The van der Waals surface area contributed by atoms with Crippen LogP contribution < -0.4 is 10.5 Å². The molecule has 16 heavy (non-hydrogen) atoms. The molecule has 2 radical (unpaired) electrons. The molecule has 1 aromatic rings. The molecule has 0 amide bonds. The van der Waals surface area contributed by atoms with E-state index < -0.39 is 0 Å². The molecule has 0 fully saturated rings. The van der Waals surface area contributed by atoms with Crippen molar-refractivity contribution in [3.05, 3.63) is 24.3 Å². The summed E-state index contributed by atoms with van der Waals surface area (Å²) in [6.45, 7) is 8.33. The van der Waals surface area contributed by atoms with Crippen molar-refractivity contribution in [1.29, 1.82) is 0 Å². The van der Waals surface area contributed by atoms with Crippen LogP contribution in [-0.2, 0) is 0 Å². The zero-order chi connectivity index (χ0) is 11.8. The van der Waals surface area contributed by atoms with Gasteiger partial charge in [0.05, 0.1) is 12.3 Å². The summed E-state index contributed by atoms with van der Waals surface area (Å²) in [5.41, 5.74) is 9.38. The van der Waals surface area contributed by atoms with E-state index in [9.17, 15) is 0 Å². The molecule has 0 aliphatic rings. The molecule has 0 aliphatic carbocycles. The first-order chi connectivity index (χ1) is 7.76. The van der Waals surface area contributed by atoms with Gasteiger partial charge in [0.25, 0.3) is 0 Å². The molecular formula is C13H20N2O. The van der Waals surface area contributed by atoms with Gasteiger partial charge in [-0.1, -0.05) is 13.8 Å². The molecule has 88 valence electrons. The largest absolute Gasteiger partial charge is 0.494 e. The van der Waals surface area contributed by atoms with E-state index in [0.29, 0.717) is 0 Å². The van der Waals surface area contributed by atoms with Gasteiger partial charge in [-0.05, 0) is 43.8 Å².